The molecular formula is C25H29F5N4O5S. The number of halogens is 5. The van der Waals surface area contributed by atoms with Gasteiger partial charge in [-0.3, -0.25) is 9.36 Å². The summed E-state index contributed by atoms with van der Waals surface area (Å²) in [6, 6.07) is 5.35. The van der Waals surface area contributed by atoms with E-state index in [1.54, 1.807) is 6.92 Å². The van der Waals surface area contributed by atoms with E-state index in [4.69, 9.17) is 0 Å². The van der Waals surface area contributed by atoms with Crippen molar-refractivity contribution in [3.8, 4) is 17.5 Å². The van der Waals surface area contributed by atoms with Crippen molar-refractivity contribution >= 4 is 15.7 Å². The van der Waals surface area contributed by atoms with E-state index in [9.17, 15) is 45.5 Å². The van der Waals surface area contributed by atoms with Crippen LogP contribution in [-0.2, 0) is 22.7 Å². The van der Waals surface area contributed by atoms with Crippen molar-refractivity contribution in [1.29, 1.82) is 5.26 Å². The van der Waals surface area contributed by atoms with E-state index < -0.39 is 58.0 Å². The fraction of sp³-hybridized carbons (Fsp3) is 0.560. The number of nitriles is 1. The summed E-state index contributed by atoms with van der Waals surface area (Å²) < 4.78 is 93.7. The molecule has 0 spiro atoms. The summed E-state index contributed by atoms with van der Waals surface area (Å²) in [7, 11) is -3.27. The molecule has 40 heavy (non-hydrogen) atoms. The molecule has 1 aromatic heterocycles. The van der Waals surface area contributed by atoms with Gasteiger partial charge < -0.3 is 15.2 Å². The van der Waals surface area contributed by atoms with Crippen molar-refractivity contribution in [2.45, 2.75) is 75.5 Å². The van der Waals surface area contributed by atoms with Gasteiger partial charge in [0, 0.05) is 25.6 Å². The first-order valence-electron chi connectivity index (χ1n) is 12.4. The standard InChI is InChI=1S/C25H29F5N4O5S/c1-3-20-33-21(22(35)32-14-24(36)9-7-16(8-10-24)40(2,37)38)18(13-31)34(20)17-5-4-15(6-11-25(28,29)30)12-19(17)39-23(26)27/h4-5,12,16,23,36H,3,6-11,14H2,1-2H3,(H,32,35). The normalized spacial score (nSPS) is 19.9. The SMILES string of the molecule is CCc1nc(C(=O)NCC2(O)CCC(S(C)(=O)=O)CC2)c(C#N)n1-c1ccc(CCC(F)(F)F)cc1OC(F)F. The van der Waals surface area contributed by atoms with Crippen molar-refractivity contribution in [3.05, 3.63) is 41.0 Å². The van der Waals surface area contributed by atoms with Gasteiger partial charge in [0.15, 0.2) is 11.4 Å². The minimum absolute atomic E-state index is 0.0743. The first-order valence-corrected chi connectivity index (χ1v) is 14.4. The van der Waals surface area contributed by atoms with Crippen LogP contribution < -0.4 is 10.1 Å². The molecule has 1 aliphatic rings. The van der Waals surface area contributed by atoms with Gasteiger partial charge >= 0.3 is 12.8 Å². The lowest BCUT2D eigenvalue weighted by molar-refractivity contribution is -0.134. The van der Waals surface area contributed by atoms with Gasteiger partial charge in [0.25, 0.3) is 5.91 Å². The van der Waals surface area contributed by atoms with Crippen LogP contribution in [0.5, 0.6) is 5.75 Å². The molecule has 1 saturated carbocycles. The highest BCUT2D eigenvalue weighted by Crippen LogP contribution is 2.33. The highest BCUT2D eigenvalue weighted by Gasteiger charge is 2.37. The fourth-order valence-corrected chi connectivity index (χ4v) is 5.75. The molecule has 2 N–H and O–H groups in total. The Morgan fingerprint density at radius 3 is 2.50 bits per heavy atom. The lowest BCUT2D eigenvalue weighted by Crippen LogP contribution is -2.47. The Hall–Kier alpha value is -3.25. The number of hydrogen-bond donors (Lipinski definition) is 2. The molecule has 2 aromatic rings. The number of aromatic nitrogens is 2. The van der Waals surface area contributed by atoms with E-state index >= 15 is 0 Å². The van der Waals surface area contributed by atoms with Crippen LogP contribution in [0.25, 0.3) is 5.69 Å². The highest BCUT2D eigenvalue weighted by molar-refractivity contribution is 7.91. The molecule has 1 amide bonds. The summed E-state index contributed by atoms with van der Waals surface area (Å²) in [4.78, 5) is 17.2. The molecule has 15 heteroatoms. The zero-order valence-corrected chi connectivity index (χ0v) is 22.6. The van der Waals surface area contributed by atoms with E-state index in [0.29, 0.717) is 0 Å². The fourth-order valence-electron chi connectivity index (χ4n) is 4.66. The highest BCUT2D eigenvalue weighted by atomic mass is 32.2. The maximum Gasteiger partial charge on any atom is 0.389 e. The molecule has 1 aromatic carbocycles. The first-order chi connectivity index (χ1) is 18.6. The van der Waals surface area contributed by atoms with E-state index in [1.165, 1.54) is 12.1 Å². The van der Waals surface area contributed by atoms with Crippen LogP contribution in [0.2, 0.25) is 0 Å². The van der Waals surface area contributed by atoms with Gasteiger partial charge in [-0.1, -0.05) is 13.0 Å². The maximum atomic E-state index is 13.2. The number of alkyl halides is 5. The van der Waals surface area contributed by atoms with Crippen molar-refractivity contribution < 1.29 is 45.0 Å². The maximum absolute atomic E-state index is 13.2. The lowest BCUT2D eigenvalue weighted by Gasteiger charge is -2.35. The predicted molar refractivity (Wildman–Crippen MR) is 133 cm³/mol. The number of carbonyl (C=O) groups is 1. The van der Waals surface area contributed by atoms with Gasteiger partial charge in [-0.25, -0.2) is 13.4 Å². The minimum atomic E-state index is -4.46. The van der Waals surface area contributed by atoms with Gasteiger partial charge in [-0.2, -0.15) is 27.2 Å². The number of benzene rings is 1. The average Bonchev–Trinajstić information content (AvgIpc) is 3.24. The molecule has 220 valence electrons. The number of aliphatic hydroxyl groups is 1. The average molecular weight is 593 g/mol. The summed E-state index contributed by atoms with van der Waals surface area (Å²) in [6.45, 7) is -1.93. The molecular weight excluding hydrogens is 563 g/mol. The minimum Gasteiger partial charge on any atom is -0.433 e. The Bertz CT molecular complexity index is 1380. The Labute approximate surface area is 227 Å². The molecule has 0 saturated heterocycles. The second-order valence-electron chi connectivity index (χ2n) is 9.76. The summed E-state index contributed by atoms with van der Waals surface area (Å²) in [5, 5.41) is 22.7. The number of nitrogens with one attached hydrogen (secondary N) is 1. The van der Waals surface area contributed by atoms with Crippen molar-refractivity contribution in [2.24, 2.45) is 0 Å². The predicted octanol–water partition coefficient (Wildman–Crippen LogP) is 3.85. The number of aryl methyl sites for hydroxylation is 2. The number of nitrogens with zero attached hydrogens (tertiary/aromatic N) is 3. The van der Waals surface area contributed by atoms with Crippen LogP contribution in [0.1, 0.15) is 66.6 Å². The van der Waals surface area contributed by atoms with Crippen LogP contribution in [-0.4, -0.2) is 65.4 Å². The van der Waals surface area contributed by atoms with Gasteiger partial charge in [-0.15, -0.1) is 0 Å². The van der Waals surface area contributed by atoms with Gasteiger partial charge in [0.2, 0.25) is 0 Å². The third-order valence-electron chi connectivity index (χ3n) is 6.81. The summed E-state index contributed by atoms with van der Waals surface area (Å²) >= 11 is 0. The zero-order chi connectivity index (χ0) is 29.9. The molecule has 0 unspecified atom stereocenters. The number of ether oxygens (including phenoxy) is 1. The van der Waals surface area contributed by atoms with Crippen LogP contribution in [0.3, 0.4) is 0 Å². The van der Waals surface area contributed by atoms with E-state index in [1.807, 2.05) is 6.07 Å². The lowest BCUT2D eigenvalue weighted by atomic mass is 9.84. The molecule has 1 heterocycles. The van der Waals surface area contributed by atoms with Crippen LogP contribution in [0.4, 0.5) is 22.0 Å². The topological polar surface area (TPSA) is 134 Å². The Kier molecular flexibility index (Phi) is 9.46. The molecule has 3 rings (SSSR count). The Morgan fingerprint density at radius 2 is 1.98 bits per heavy atom. The van der Waals surface area contributed by atoms with Gasteiger partial charge in [0.05, 0.1) is 16.5 Å². The molecule has 1 fully saturated rings. The zero-order valence-electron chi connectivity index (χ0n) is 21.8. The van der Waals surface area contributed by atoms with Gasteiger partial charge in [-0.05, 0) is 49.8 Å². The first kappa shape index (κ1) is 31.3. The quantitative estimate of drug-likeness (QED) is 0.400. The summed E-state index contributed by atoms with van der Waals surface area (Å²) in [5.74, 6) is -1.21. The number of carbonyl (C=O) groups excluding carboxylic acids is 1. The molecule has 0 bridgehead atoms. The monoisotopic (exact) mass is 592 g/mol. The molecule has 1 aliphatic carbocycles. The molecule has 0 atom stereocenters. The number of rotatable bonds is 10. The van der Waals surface area contributed by atoms with E-state index in [0.717, 1.165) is 16.9 Å². The Balaban J connectivity index is 1.90. The third kappa shape index (κ3) is 7.69. The van der Waals surface area contributed by atoms with E-state index in [-0.39, 0.29) is 67.1 Å². The van der Waals surface area contributed by atoms with Crippen molar-refractivity contribution in [2.75, 3.05) is 12.8 Å². The van der Waals surface area contributed by atoms with Crippen LogP contribution in [0, 0.1) is 11.3 Å². The molecule has 9 nitrogen and oxygen atoms in total. The largest absolute Gasteiger partial charge is 0.433 e. The third-order valence-corrected chi connectivity index (χ3v) is 8.49. The number of imidazole rings is 1. The summed E-state index contributed by atoms with van der Waals surface area (Å²) in [6.07, 6.45) is -4.17. The van der Waals surface area contributed by atoms with Gasteiger partial charge in [0.1, 0.15) is 27.5 Å². The van der Waals surface area contributed by atoms with Crippen LogP contribution >= 0.6 is 0 Å². The molecule has 0 radical (unpaired) electrons. The number of hydrogen-bond acceptors (Lipinski definition) is 7. The molecule has 0 aliphatic heterocycles. The Morgan fingerprint density at radius 1 is 1.32 bits per heavy atom. The van der Waals surface area contributed by atoms with Crippen molar-refractivity contribution in [1.82, 2.24) is 14.9 Å². The van der Waals surface area contributed by atoms with Crippen LogP contribution in [0.15, 0.2) is 18.2 Å². The summed E-state index contributed by atoms with van der Waals surface area (Å²) in [5.41, 5.74) is -2.09. The second-order valence-corrected chi connectivity index (χ2v) is 12.1. The smallest absolute Gasteiger partial charge is 0.389 e. The van der Waals surface area contributed by atoms with E-state index in [2.05, 4.69) is 15.0 Å². The second kappa shape index (κ2) is 12.1. The van der Waals surface area contributed by atoms with Crippen molar-refractivity contribution in [3.63, 3.8) is 0 Å². The number of sulfone groups is 1. The number of amides is 1.